The summed E-state index contributed by atoms with van der Waals surface area (Å²) < 4.78 is 0. The standard InChI is InChI=1S/C17H14N2O2/c1-11-7-9-12(10-8-11)14-15(18-19-17(14)21)16(20)13-5-3-2-4-6-13/h2-10H,1H3,(H2,18,19,21). The molecule has 0 radical (unpaired) electrons. The van der Waals surface area contributed by atoms with Gasteiger partial charge in [0.05, 0.1) is 5.56 Å². The lowest BCUT2D eigenvalue weighted by molar-refractivity contribution is 0.103. The van der Waals surface area contributed by atoms with Gasteiger partial charge in [-0.05, 0) is 12.5 Å². The van der Waals surface area contributed by atoms with Crippen molar-refractivity contribution in [1.29, 1.82) is 0 Å². The Labute approximate surface area is 121 Å². The minimum absolute atomic E-state index is 0.204. The van der Waals surface area contributed by atoms with Gasteiger partial charge in [-0.2, -0.15) is 0 Å². The third-order valence-electron chi connectivity index (χ3n) is 3.38. The van der Waals surface area contributed by atoms with Gasteiger partial charge in [-0.3, -0.25) is 19.8 Å². The van der Waals surface area contributed by atoms with Gasteiger partial charge in [0.2, 0.25) is 5.78 Å². The fourth-order valence-corrected chi connectivity index (χ4v) is 2.26. The Balaban J connectivity index is 2.12. The van der Waals surface area contributed by atoms with E-state index in [0.717, 1.165) is 11.1 Å². The van der Waals surface area contributed by atoms with Crippen molar-refractivity contribution in [3.8, 4) is 11.1 Å². The minimum atomic E-state index is -0.293. The minimum Gasteiger partial charge on any atom is -0.294 e. The second-order valence-electron chi connectivity index (χ2n) is 4.89. The highest BCUT2D eigenvalue weighted by Crippen LogP contribution is 2.21. The van der Waals surface area contributed by atoms with E-state index in [1.165, 1.54) is 0 Å². The summed E-state index contributed by atoms with van der Waals surface area (Å²) in [6.07, 6.45) is 0. The van der Waals surface area contributed by atoms with Crippen molar-refractivity contribution in [2.24, 2.45) is 0 Å². The summed E-state index contributed by atoms with van der Waals surface area (Å²) in [5, 5.41) is 5.20. The number of carbonyl (C=O) groups excluding carboxylic acids is 1. The maximum atomic E-state index is 12.5. The number of benzene rings is 2. The number of aryl methyl sites for hydroxylation is 1. The average molecular weight is 278 g/mol. The fourth-order valence-electron chi connectivity index (χ4n) is 2.26. The van der Waals surface area contributed by atoms with Crippen LogP contribution >= 0.6 is 0 Å². The molecule has 1 heterocycles. The predicted molar refractivity (Wildman–Crippen MR) is 81.5 cm³/mol. The van der Waals surface area contributed by atoms with Crippen LogP contribution in [0.15, 0.2) is 59.4 Å². The molecule has 0 amide bonds. The Kier molecular flexibility index (Phi) is 3.28. The van der Waals surface area contributed by atoms with E-state index in [9.17, 15) is 9.59 Å². The van der Waals surface area contributed by atoms with Gasteiger partial charge in [0.1, 0.15) is 5.69 Å². The van der Waals surface area contributed by atoms with Crippen LogP contribution in [0.2, 0.25) is 0 Å². The van der Waals surface area contributed by atoms with Crippen LogP contribution in [0.5, 0.6) is 0 Å². The number of aromatic amines is 2. The highest BCUT2D eigenvalue weighted by molar-refractivity contribution is 6.11. The van der Waals surface area contributed by atoms with Crippen molar-refractivity contribution < 1.29 is 4.79 Å². The van der Waals surface area contributed by atoms with Gasteiger partial charge in [0.25, 0.3) is 5.56 Å². The van der Waals surface area contributed by atoms with Gasteiger partial charge >= 0.3 is 0 Å². The quantitative estimate of drug-likeness (QED) is 0.723. The van der Waals surface area contributed by atoms with Gasteiger partial charge in [-0.15, -0.1) is 0 Å². The van der Waals surface area contributed by atoms with Crippen molar-refractivity contribution in [2.45, 2.75) is 6.92 Å². The molecule has 0 aliphatic carbocycles. The van der Waals surface area contributed by atoms with Gasteiger partial charge < -0.3 is 0 Å². The molecule has 2 N–H and O–H groups in total. The van der Waals surface area contributed by atoms with Crippen LogP contribution in [-0.4, -0.2) is 16.0 Å². The number of hydrogen-bond acceptors (Lipinski definition) is 2. The van der Waals surface area contributed by atoms with E-state index in [4.69, 9.17) is 0 Å². The van der Waals surface area contributed by atoms with E-state index in [2.05, 4.69) is 10.2 Å². The molecule has 0 saturated carbocycles. The Hall–Kier alpha value is -2.88. The summed E-state index contributed by atoms with van der Waals surface area (Å²) in [4.78, 5) is 24.6. The van der Waals surface area contributed by atoms with Gasteiger partial charge in [-0.25, -0.2) is 0 Å². The van der Waals surface area contributed by atoms with E-state index >= 15 is 0 Å². The van der Waals surface area contributed by atoms with E-state index in [1.54, 1.807) is 24.3 Å². The number of carbonyl (C=O) groups is 1. The second-order valence-corrected chi connectivity index (χ2v) is 4.89. The lowest BCUT2D eigenvalue weighted by atomic mass is 10.00. The summed E-state index contributed by atoms with van der Waals surface area (Å²) in [5.41, 5.74) is 2.74. The second kappa shape index (κ2) is 5.25. The molecule has 4 heteroatoms. The zero-order chi connectivity index (χ0) is 14.8. The molecule has 3 aromatic rings. The molecular formula is C17H14N2O2. The monoisotopic (exact) mass is 278 g/mol. The molecule has 2 aromatic carbocycles. The molecule has 0 spiro atoms. The molecule has 21 heavy (non-hydrogen) atoms. The van der Waals surface area contributed by atoms with Gasteiger partial charge in [-0.1, -0.05) is 60.2 Å². The molecular weight excluding hydrogens is 264 g/mol. The maximum absolute atomic E-state index is 12.5. The number of hydrogen-bond donors (Lipinski definition) is 2. The molecule has 0 bridgehead atoms. The summed E-state index contributed by atoms with van der Waals surface area (Å²) in [6.45, 7) is 1.97. The fraction of sp³-hybridized carbons (Fsp3) is 0.0588. The van der Waals surface area contributed by atoms with Crippen molar-refractivity contribution in [3.05, 3.63) is 81.8 Å². The van der Waals surface area contributed by atoms with Crippen molar-refractivity contribution in [3.63, 3.8) is 0 Å². The highest BCUT2D eigenvalue weighted by atomic mass is 16.1. The van der Waals surface area contributed by atoms with Gasteiger partial charge in [0.15, 0.2) is 0 Å². The van der Waals surface area contributed by atoms with Crippen LogP contribution in [0.3, 0.4) is 0 Å². The third-order valence-corrected chi connectivity index (χ3v) is 3.38. The Morgan fingerprint density at radius 3 is 2.24 bits per heavy atom. The smallest absolute Gasteiger partial charge is 0.272 e. The van der Waals surface area contributed by atoms with Crippen molar-refractivity contribution >= 4 is 5.78 Å². The van der Waals surface area contributed by atoms with Crippen LogP contribution < -0.4 is 5.56 Å². The molecule has 0 saturated heterocycles. The van der Waals surface area contributed by atoms with Crippen molar-refractivity contribution in [1.82, 2.24) is 10.2 Å². The number of H-pyrrole nitrogens is 2. The van der Waals surface area contributed by atoms with Crippen LogP contribution in [0.1, 0.15) is 21.6 Å². The maximum Gasteiger partial charge on any atom is 0.272 e. The summed E-state index contributed by atoms with van der Waals surface area (Å²) >= 11 is 0. The van der Waals surface area contributed by atoms with E-state index < -0.39 is 0 Å². The molecule has 0 fully saturated rings. The summed E-state index contributed by atoms with van der Waals surface area (Å²) in [6, 6.07) is 16.4. The normalized spacial score (nSPS) is 10.5. The third kappa shape index (κ3) is 2.43. The molecule has 0 atom stereocenters. The Morgan fingerprint density at radius 2 is 1.57 bits per heavy atom. The lowest BCUT2D eigenvalue weighted by Crippen LogP contribution is -2.06. The lowest BCUT2D eigenvalue weighted by Gasteiger charge is -2.03. The molecule has 0 aliphatic rings. The molecule has 0 unspecified atom stereocenters. The summed E-state index contributed by atoms with van der Waals surface area (Å²) in [5.74, 6) is -0.204. The molecule has 1 aromatic heterocycles. The van der Waals surface area contributed by atoms with E-state index in [0.29, 0.717) is 11.1 Å². The Bertz CT molecular complexity index is 827. The first-order chi connectivity index (χ1) is 10.2. The predicted octanol–water partition coefficient (Wildman–Crippen LogP) is 2.91. The molecule has 0 aliphatic heterocycles. The largest absolute Gasteiger partial charge is 0.294 e. The topological polar surface area (TPSA) is 65.7 Å². The Morgan fingerprint density at radius 1 is 0.905 bits per heavy atom. The first-order valence-corrected chi connectivity index (χ1v) is 6.64. The number of ketones is 1. The first kappa shape index (κ1) is 13.1. The highest BCUT2D eigenvalue weighted by Gasteiger charge is 2.19. The number of nitrogens with one attached hydrogen (secondary N) is 2. The zero-order valence-electron chi connectivity index (χ0n) is 11.5. The van der Waals surface area contributed by atoms with E-state index in [1.807, 2.05) is 37.3 Å². The van der Waals surface area contributed by atoms with E-state index in [-0.39, 0.29) is 17.0 Å². The van der Waals surface area contributed by atoms with Crippen LogP contribution in [0.25, 0.3) is 11.1 Å². The van der Waals surface area contributed by atoms with Crippen LogP contribution in [0.4, 0.5) is 0 Å². The van der Waals surface area contributed by atoms with Crippen LogP contribution in [0, 0.1) is 6.92 Å². The zero-order valence-corrected chi connectivity index (χ0v) is 11.5. The van der Waals surface area contributed by atoms with Crippen molar-refractivity contribution in [2.75, 3.05) is 0 Å². The number of rotatable bonds is 3. The van der Waals surface area contributed by atoms with Crippen LogP contribution in [-0.2, 0) is 0 Å². The molecule has 3 rings (SSSR count). The number of aromatic nitrogens is 2. The molecule has 4 nitrogen and oxygen atoms in total. The average Bonchev–Trinajstić information content (AvgIpc) is 2.90. The van der Waals surface area contributed by atoms with Gasteiger partial charge in [0, 0.05) is 5.56 Å². The SMILES string of the molecule is Cc1ccc(-c2c(C(=O)c3ccccc3)[nH][nH]c2=O)cc1. The summed E-state index contributed by atoms with van der Waals surface area (Å²) in [7, 11) is 0. The molecule has 104 valence electrons. The first-order valence-electron chi connectivity index (χ1n) is 6.64.